The SMILES string of the molecule is Cc1ccc(C(=O)NCC(=O)NCC(C)(O)C(C)C)cc1C. The minimum Gasteiger partial charge on any atom is -0.388 e. The first-order chi connectivity index (χ1) is 10.1. The summed E-state index contributed by atoms with van der Waals surface area (Å²) < 4.78 is 0. The highest BCUT2D eigenvalue weighted by atomic mass is 16.3. The van der Waals surface area contributed by atoms with Crippen LogP contribution in [0.25, 0.3) is 0 Å². The van der Waals surface area contributed by atoms with Gasteiger partial charge in [0.05, 0.1) is 12.1 Å². The molecular formula is C17H26N2O3. The van der Waals surface area contributed by atoms with Gasteiger partial charge < -0.3 is 15.7 Å². The van der Waals surface area contributed by atoms with Gasteiger partial charge in [-0.2, -0.15) is 0 Å². The summed E-state index contributed by atoms with van der Waals surface area (Å²) in [6.07, 6.45) is 0. The Kier molecular flexibility index (Phi) is 6.11. The van der Waals surface area contributed by atoms with Crippen molar-refractivity contribution in [1.29, 1.82) is 0 Å². The van der Waals surface area contributed by atoms with Crippen LogP contribution in [-0.4, -0.2) is 35.6 Å². The molecule has 122 valence electrons. The van der Waals surface area contributed by atoms with E-state index in [4.69, 9.17) is 0 Å². The fourth-order valence-electron chi connectivity index (χ4n) is 1.69. The number of benzene rings is 1. The molecule has 0 aliphatic heterocycles. The largest absolute Gasteiger partial charge is 0.388 e. The lowest BCUT2D eigenvalue weighted by molar-refractivity contribution is -0.121. The Balaban J connectivity index is 2.47. The second-order valence-corrected chi connectivity index (χ2v) is 6.27. The predicted octanol–water partition coefficient (Wildman–Crippen LogP) is 1.56. The van der Waals surface area contributed by atoms with Gasteiger partial charge in [0, 0.05) is 12.1 Å². The molecule has 5 nitrogen and oxygen atoms in total. The molecule has 0 saturated carbocycles. The van der Waals surface area contributed by atoms with Crippen molar-refractivity contribution >= 4 is 11.8 Å². The highest BCUT2D eigenvalue weighted by Gasteiger charge is 2.25. The van der Waals surface area contributed by atoms with Crippen molar-refractivity contribution in [3.63, 3.8) is 0 Å². The van der Waals surface area contributed by atoms with Gasteiger partial charge in [-0.1, -0.05) is 19.9 Å². The van der Waals surface area contributed by atoms with Crippen LogP contribution in [0.15, 0.2) is 18.2 Å². The molecule has 0 aliphatic rings. The van der Waals surface area contributed by atoms with E-state index in [2.05, 4.69) is 10.6 Å². The number of hydrogen-bond donors (Lipinski definition) is 3. The number of carbonyl (C=O) groups is 2. The first-order valence-electron chi connectivity index (χ1n) is 7.48. The summed E-state index contributed by atoms with van der Waals surface area (Å²) in [7, 11) is 0. The first kappa shape index (κ1) is 18.2. The van der Waals surface area contributed by atoms with E-state index in [0.717, 1.165) is 11.1 Å². The first-order valence-corrected chi connectivity index (χ1v) is 7.48. The molecule has 0 fully saturated rings. The summed E-state index contributed by atoms with van der Waals surface area (Å²) in [5.41, 5.74) is 1.72. The highest BCUT2D eigenvalue weighted by Crippen LogP contribution is 2.14. The van der Waals surface area contributed by atoms with E-state index >= 15 is 0 Å². The lowest BCUT2D eigenvalue weighted by atomic mass is 9.92. The fraction of sp³-hybridized carbons (Fsp3) is 0.529. The Labute approximate surface area is 132 Å². The molecule has 0 heterocycles. The minimum absolute atomic E-state index is 0.0259. The van der Waals surface area contributed by atoms with Gasteiger partial charge in [0.15, 0.2) is 0 Å². The average Bonchev–Trinajstić information content (AvgIpc) is 2.45. The van der Waals surface area contributed by atoms with Gasteiger partial charge in [-0.25, -0.2) is 0 Å². The normalized spacial score (nSPS) is 13.6. The molecule has 1 aromatic carbocycles. The summed E-state index contributed by atoms with van der Waals surface area (Å²) in [4.78, 5) is 23.7. The lowest BCUT2D eigenvalue weighted by Gasteiger charge is -2.27. The van der Waals surface area contributed by atoms with Crippen molar-refractivity contribution in [2.75, 3.05) is 13.1 Å². The molecule has 0 radical (unpaired) electrons. The van der Waals surface area contributed by atoms with Crippen LogP contribution in [0.5, 0.6) is 0 Å². The second-order valence-electron chi connectivity index (χ2n) is 6.27. The van der Waals surface area contributed by atoms with E-state index < -0.39 is 5.60 Å². The summed E-state index contributed by atoms with van der Waals surface area (Å²) in [6, 6.07) is 5.41. The summed E-state index contributed by atoms with van der Waals surface area (Å²) >= 11 is 0. The van der Waals surface area contributed by atoms with Gasteiger partial charge >= 0.3 is 0 Å². The molecule has 1 aromatic rings. The van der Waals surface area contributed by atoms with Crippen LogP contribution in [0, 0.1) is 19.8 Å². The molecule has 1 rings (SSSR count). The van der Waals surface area contributed by atoms with Gasteiger partial charge in [-0.3, -0.25) is 9.59 Å². The lowest BCUT2D eigenvalue weighted by Crippen LogP contribution is -2.47. The molecule has 5 heteroatoms. The predicted molar refractivity (Wildman–Crippen MR) is 86.7 cm³/mol. The fourth-order valence-corrected chi connectivity index (χ4v) is 1.69. The molecule has 22 heavy (non-hydrogen) atoms. The molecular weight excluding hydrogens is 280 g/mol. The zero-order chi connectivity index (χ0) is 16.9. The molecule has 1 unspecified atom stereocenters. The zero-order valence-corrected chi connectivity index (χ0v) is 14.0. The van der Waals surface area contributed by atoms with E-state index in [-0.39, 0.29) is 30.8 Å². The molecule has 0 saturated heterocycles. The second kappa shape index (κ2) is 7.40. The van der Waals surface area contributed by atoms with Crippen LogP contribution >= 0.6 is 0 Å². The number of nitrogens with one attached hydrogen (secondary N) is 2. The Bertz CT molecular complexity index is 551. The van der Waals surface area contributed by atoms with Crippen LogP contribution in [0.3, 0.4) is 0 Å². The number of aryl methyl sites for hydroxylation is 2. The van der Waals surface area contributed by atoms with E-state index in [1.165, 1.54) is 0 Å². The molecule has 1 atom stereocenters. The van der Waals surface area contributed by atoms with Crippen molar-refractivity contribution in [2.45, 2.75) is 40.2 Å². The van der Waals surface area contributed by atoms with Crippen LogP contribution in [0.4, 0.5) is 0 Å². The zero-order valence-electron chi connectivity index (χ0n) is 14.0. The molecule has 0 aliphatic carbocycles. The van der Waals surface area contributed by atoms with Crippen LogP contribution in [0.1, 0.15) is 42.3 Å². The average molecular weight is 306 g/mol. The Hall–Kier alpha value is -1.88. The van der Waals surface area contributed by atoms with Gasteiger partial charge in [0.25, 0.3) is 5.91 Å². The van der Waals surface area contributed by atoms with Gasteiger partial charge in [0.2, 0.25) is 5.91 Å². The monoisotopic (exact) mass is 306 g/mol. The maximum Gasteiger partial charge on any atom is 0.251 e. The van der Waals surface area contributed by atoms with Gasteiger partial charge in [-0.15, -0.1) is 0 Å². The number of aliphatic hydroxyl groups is 1. The molecule has 2 amide bonds. The summed E-state index contributed by atoms with van der Waals surface area (Å²) in [5.74, 6) is -0.579. The van der Waals surface area contributed by atoms with Gasteiger partial charge in [-0.05, 0) is 49.9 Å². The number of amides is 2. The van der Waals surface area contributed by atoms with Crippen molar-refractivity contribution in [3.05, 3.63) is 34.9 Å². The number of hydrogen-bond acceptors (Lipinski definition) is 3. The third kappa shape index (κ3) is 5.15. The molecule has 3 N–H and O–H groups in total. The van der Waals surface area contributed by atoms with Crippen molar-refractivity contribution in [2.24, 2.45) is 5.92 Å². The standard InChI is InChI=1S/C17H26N2O3/c1-11(2)17(5,22)10-19-15(20)9-18-16(21)14-7-6-12(3)13(4)8-14/h6-8,11,22H,9-10H2,1-5H3,(H,18,21)(H,19,20). The van der Waals surface area contributed by atoms with Gasteiger partial charge in [0.1, 0.15) is 0 Å². The molecule has 0 bridgehead atoms. The van der Waals surface area contributed by atoms with Crippen LogP contribution in [-0.2, 0) is 4.79 Å². The van der Waals surface area contributed by atoms with Crippen LogP contribution < -0.4 is 10.6 Å². The smallest absolute Gasteiger partial charge is 0.251 e. The van der Waals surface area contributed by atoms with Crippen molar-refractivity contribution in [1.82, 2.24) is 10.6 Å². The van der Waals surface area contributed by atoms with E-state index in [1.54, 1.807) is 19.1 Å². The van der Waals surface area contributed by atoms with E-state index in [1.807, 2.05) is 33.8 Å². The maximum atomic E-state index is 12.0. The molecule has 0 aromatic heterocycles. The highest BCUT2D eigenvalue weighted by molar-refractivity contribution is 5.96. The van der Waals surface area contributed by atoms with Crippen molar-refractivity contribution < 1.29 is 14.7 Å². The number of carbonyl (C=O) groups excluding carboxylic acids is 2. The van der Waals surface area contributed by atoms with Crippen molar-refractivity contribution in [3.8, 4) is 0 Å². The minimum atomic E-state index is -0.965. The Morgan fingerprint density at radius 2 is 1.82 bits per heavy atom. The Morgan fingerprint density at radius 3 is 2.36 bits per heavy atom. The number of rotatable bonds is 6. The van der Waals surface area contributed by atoms with E-state index in [9.17, 15) is 14.7 Å². The van der Waals surface area contributed by atoms with E-state index in [0.29, 0.717) is 5.56 Å². The summed E-state index contributed by atoms with van der Waals surface area (Å²) in [5, 5.41) is 15.3. The van der Waals surface area contributed by atoms with Crippen LogP contribution in [0.2, 0.25) is 0 Å². The summed E-state index contributed by atoms with van der Waals surface area (Å²) in [6.45, 7) is 9.40. The molecule has 0 spiro atoms. The third-order valence-corrected chi connectivity index (χ3v) is 4.07. The third-order valence-electron chi connectivity index (χ3n) is 4.07. The maximum absolute atomic E-state index is 12.0. The quantitative estimate of drug-likeness (QED) is 0.746. The Morgan fingerprint density at radius 1 is 1.18 bits per heavy atom. The topological polar surface area (TPSA) is 78.4 Å².